The Bertz CT molecular complexity index is 923. The van der Waals surface area contributed by atoms with Gasteiger partial charge in [-0.2, -0.15) is 0 Å². The topological polar surface area (TPSA) is 54.5 Å². The number of hydrogen-bond donors (Lipinski definition) is 0. The smallest absolute Gasteiger partial charge is 0.257 e. The molecule has 1 saturated heterocycles. The van der Waals surface area contributed by atoms with Crippen molar-refractivity contribution in [3.05, 3.63) is 71.0 Å². The van der Waals surface area contributed by atoms with Crippen LogP contribution in [-0.4, -0.2) is 36.8 Å². The lowest BCUT2D eigenvalue weighted by Gasteiger charge is -2.29. The second-order valence-corrected chi connectivity index (χ2v) is 9.59. The van der Waals surface area contributed by atoms with Crippen LogP contribution in [0.25, 0.3) is 0 Å². The molecule has 1 aliphatic rings. The van der Waals surface area contributed by atoms with Crippen LogP contribution in [0.3, 0.4) is 0 Å². The Balaban J connectivity index is 1.90. The minimum absolute atomic E-state index is 0.0272. The van der Waals surface area contributed by atoms with E-state index in [-0.39, 0.29) is 23.6 Å². The number of nitrogens with zero attached hydrogens (tertiary/aromatic N) is 1. The predicted molar refractivity (Wildman–Crippen MR) is 104 cm³/mol. The number of hydrogen-bond acceptors (Lipinski definition) is 3. The van der Waals surface area contributed by atoms with Crippen molar-refractivity contribution in [2.75, 3.05) is 11.5 Å². The zero-order chi connectivity index (χ0) is 19.6. The number of halogens is 1. The van der Waals surface area contributed by atoms with Gasteiger partial charge in [-0.15, -0.1) is 0 Å². The zero-order valence-electron chi connectivity index (χ0n) is 15.6. The van der Waals surface area contributed by atoms with Gasteiger partial charge in [0.25, 0.3) is 5.91 Å². The molecule has 0 N–H and O–H groups in total. The van der Waals surface area contributed by atoms with Gasteiger partial charge in [-0.25, -0.2) is 12.8 Å². The Hall–Kier alpha value is -2.21. The van der Waals surface area contributed by atoms with Gasteiger partial charge in [-0.05, 0) is 35.6 Å². The average molecular weight is 389 g/mol. The summed E-state index contributed by atoms with van der Waals surface area (Å²) < 4.78 is 38.0. The van der Waals surface area contributed by atoms with Crippen molar-refractivity contribution in [2.45, 2.75) is 38.8 Å². The summed E-state index contributed by atoms with van der Waals surface area (Å²) in [6.45, 7) is 4.46. The summed E-state index contributed by atoms with van der Waals surface area (Å²) >= 11 is 0. The van der Waals surface area contributed by atoms with Crippen LogP contribution in [-0.2, 0) is 16.4 Å². The fourth-order valence-corrected chi connectivity index (χ4v) is 5.11. The molecule has 0 bridgehead atoms. The molecular formula is C21H24FNO3S. The molecule has 1 amide bonds. The largest absolute Gasteiger partial charge is 0.330 e. The van der Waals surface area contributed by atoms with E-state index in [1.165, 1.54) is 28.7 Å². The fraction of sp³-hybridized carbons (Fsp3) is 0.381. The normalized spacial score (nSPS) is 18.6. The van der Waals surface area contributed by atoms with Crippen LogP contribution >= 0.6 is 0 Å². The van der Waals surface area contributed by atoms with Gasteiger partial charge in [0, 0.05) is 12.6 Å². The maximum atomic E-state index is 14.2. The van der Waals surface area contributed by atoms with Crippen molar-refractivity contribution < 1.29 is 17.6 Å². The van der Waals surface area contributed by atoms with E-state index < -0.39 is 27.6 Å². The highest BCUT2D eigenvalue weighted by molar-refractivity contribution is 7.91. The van der Waals surface area contributed by atoms with Gasteiger partial charge in [0.05, 0.1) is 17.1 Å². The molecule has 0 radical (unpaired) electrons. The Morgan fingerprint density at radius 1 is 1.15 bits per heavy atom. The highest BCUT2D eigenvalue weighted by Gasteiger charge is 2.35. The first kappa shape index (κ1) is 19.5. The van der Waals surface area contributed by atoms with Crippen molar-refractivity contribution in [3.63, 3.8) is 0 Å². The Labute approximate surface area is 159 Å². The summed E-state index contributed by atoms with van der Waals surface area (Å²) in [7, 11) is -3.16. The van der Waals surface area contributed by atoms with E-state index in [9.17, 15) is 17.6 Å². The van der Waals surface area contributed by atoms with Gasteiger partial charge in [0.15, 0.2) is 9.84 Å². The minimum Gasteiger partial charge on any atom is -0.330 e. The van der Waals surface area contributed by atoms with Crippen molar-refractivity contribution in [1.82, 2.24) is 4.90 Å². The summed E-state index contributed by atoms with van der Waals surface area (Å²) in [6, 6.07) is 13.3. The maximum Gasteiger partial charge on any atom is 0.257 e. The van der Waals surface area contributed by atoms with Crippen LogP contribution in [0.5, 0.6) is 0 Å². The molecule has 0 aromatic heterocycles. The first-order valence-electron chi connectivity index (χ1n) is 9.11. The van der Waals surface area contributed by atoms with Crippen LogP contribution in [0.15, 0.2) is 48.5 Å². The van der Waals surface area contributed by atoms with E-state index in [4.69, 9.17) is 0 Å². The van der Waals surface area contributed by atoms with Crippen molar-refractivity contribution >= 4 is 15.7 Å². The van der Waals surface area contributed by atoms with Crippen LogP contribution in [0.1, 0.15) is 47.7 Å². The highest BCUT2D eigenvalue weighted by Crippen LogP contribution is 2.24. The number of benzene rings is 2. The molecule has 3 rings (SSSR count). The van der Waals surface area contributed by atoms with Crippen molar-refractivity contribution in [3.8, 4) is 0 Å². The third-order valence-electron chi connectivity index (χ3n) is 5.01. The lowest BCUT2D eigenvalue weighted by atomic mass is 10.0. The summed E-state index contributed by atoms with van der Waals surface area (Å²) in [4.78, 5) is 14.5. The lowest BCUT2D eigenvalue weighted by molar-refractivity contribution is 0.0676. The number of rotatable bonds is 5. The molecule has 0 saturated carbocycles. The summed E-state index contributed by atoms with van der Waals surface area (Å²) in [5.74, 6) is -0.677. The molecule has 1 aliphatic heterocycles. The van der Waals surface area contributed by atoms with Crippen LogP contribution in [0, 0.1) is 5.82 Å². The van der Waals surface area contributed by atoms with E-state index in [0.29, 0.717) is 12.3 Å². The van der Waals surface area contributed by atoms with Gasteiger partial charge in [-0.3, -0.25) is 4.79 Å². The van der Waals surface area contributed by atoms with Crippen molar-refractivity contribution in [2.24, 2.45) is 0 Å². The molecule has 4 nitrogen and oxygen atoms in total. The molecule has 1 atom stereocenters. The first-order valence-corrected chi connectivity index (χ1v) is 10.9. The van der Waals surface area contributed by atoms with Crippen molar-refractivity contribution in [1.29, 1.82) is 0 Å². The SMILES string of the molecule is CC(C)c1ccc(CN(C(=O)c2ccccc2F)[C@@H]2CCS(=O)(=O)C2)cc1. The second-order valence-electron chi connectivity index (χ2n) is 7.37. The Kier molecular flexibility index (Phi) is 5.65. The number of carbonyl (C=O) groups excluding carboxylic acids is 1. The van der Waals surface area contributed by atoms with E-state index in [2.05, 4.69) is 13.8 Å². The highest BCUT2D eigenvalue weighted by atomic mass is 32.2. The maximum absolute atomic E-state index is 14.2. The van der Waals surface area contributed by atoms with Crippen LogP contribution < -0.4 is 0 Å². The average Bonchev–Trinajstić information content (AvgIpc) is 2.99. The number of amides is 1. The van der Waals surface area contributed by atoms with Crippen LogP contribution in [0.2, 0.25) is 0 Å². The van der Waals surface area contributed by atoms with Crippen LogP contribution in [0.4, 0.5) is 4.39 Å². The summed E-state index contributed by atoms with van der Waals surface area (Å²) in [5, 5.41) is 0. The number of carbonyl (C=O) groups is 1. The molecule has 2 aromatic rings. The van der Waals surface area contributed by atoms with E-state index in [1.54, 1.807) is 6.07 Å². The molecule has 27 heavy (non-hydrogen) atoms. The van der Waals surface area contributed by atoms with Gasteiger partial charge in [0.2, 0.25) is 0 Å². The first-order chi connectivity index (χ1) is 12.8. The third kappa shape index (κ3) is 4.56. The van der Waals surface area contributed by atoms with Gasteiger partial charge in [0.1, 0.15) is 5.82 Å². The predicted octanol–water partition coefficient (Wildman–Crippen LogP) is 3.78. The lowest BCUT2D eigenvalue weighted by Crippen LogP contribution is -2.41. The molecule has 0 spiro atoms. The van der Waals surface area contributed by atoms with Gasteiger partial charge >= 0.3 is 0 Å². The monoisotopic (exact) mass is 389 g/mol. The molecule has 1 fully saturated rings. The molecule has 144 valence electrons. The molecule has 0 unspecified atom stereocenters. The standard InChI is InChI=1S/C21H24FNO3S/c1-15(2)17-9-7-16(8-10-17)13-23(18-11-12-27(25,26)14-18)21(24)19-5-3-4-6-20(19)22/h3-10,15,18H,11-14H2,1-2H3/t18-/m1/s1. The Morgan fingerprint density at radius 3 is 2.37 bits per heavy atom. The van der Waals surface area contributed by atoms with E-state index in [0.717, 1.165) is 5.56 Å². The molecular weight excluding hydrogens is 365 g/mol. The summed E-state index contributed by atoms with van der Waals surface area (Å²) in [6.07, 6.45) is 0.382. The van der Waals surface area contributed by atoms with Gasteiger partial charge in [-0.1, -0.05) is 50.2 Å². The molecule has 0 aliphatic carbocycles. The molecule has 2 aromatic carbocycles. The second kappa shape index (κ2) is 7.80. The van der Waals surface area contributed by atoms with Gasteiger partial charge < -0.3 is 4.90 Å². The molecule has 1 heterocycles. The Morgan fingerprint density at radius 2 is 1.81 bits per heavy atom. The third-order valence-corrected chi connectivity index (χ3v) is 6.76. The fourth-order valence-electron chi connectivity index (χ4n) is 3.38. The quantitative estimate of drug-likeness (QED) is 0.782. The van der Waals surface area contributed by atoms with E-state index in [1.807, 2.05) is 24.3 Å². The molecule has 6 heteroatoms. The summed E-state index contributed by atoms with van der Waals surface area (Å²) in [5.41, 5.74) is 2.06. The number of sulfone groups is 1. The van der Waals surface area contributed by atoms with E-state index >= 15 is 0 Å². The zero-order valence-corrected chi connectivity index (χ0v) is 16.4. The minimum atomic E-state index is -3.16.